The molecule has 0 saturated heterocycles. The Labute approximate surface area is 168 Å². The molecule has 1 aliphatic heterocycles. The van der Waals surface area contributed by atoms with Crippen LogP contribution < -0.4 is 14.4 Å². The van der Waals surface area contributed by atoms with E-state index >= 15 is 0 Å². The van der Waals surface area contributed by atoms with E-state index in [4.69, 9.17) is 14.2 Å². The second kappa shape index (κ2) is 7.79. The zero-order chi connectivity index (χ0) is 21.3. The summed E-state index contributed by atoms with van der Waals surface area (Å²) in [6.45, 7) is 2.75. The molecule has 29 heavy (non-hydrogen) atoms. The lowest BCUT2D eigenvalue weighted by Gasteiger charge is -2.14. The monoisotopic (exact) mass is 395 g/mol. The summed E-state index contributed by atoms with van der Waals surface area (Å²) in [4.78, 5) is 38.3. The van der Waals surface area contributed by atoms with Crippen molar-refractivity contribution >= 4 is 34.6 Å². The summed E-state index contributed by atoms with van der Waals surface area (Å²) in [6.07, 6.45) is 0. The maximum Gasteiger partial charge on any atom is 0.269 e. The van der Waals surface area contributed by atoms with E-state index in [0.717, 1.165) is 4.90 Å². The summed E-state index contributed by atoms with van der Waals surface area (Å²) in [7, 11) is 4.48. The number of rotatable bonds is 5. The van der Waals surface area contributed by atoms with Crippen LogP contribution in [0.5, 0.6) is 11.5 Å². The molecule has 3 rings (SSSR count). The molecule has 2 aromatic rings. The van der Waals surface area contributed by atoms with Crippen molar-refractivity contribution < 1.29 is 28.6 Å². The molecule has 0 aromatic heterocycles. The Bertz CT molecular complexity index is 1050. The van der Waals surface area contributed by atoms with Gasteiger partial charge < -0.3 is 14.2 Å². The molecular formula is C22H21NO6. The van der Waals surface area contributed by atoms with Crippen LogP contribution in [0, 0.1) is 0 Å². The first kappa shape index (κ1) is 20.1. The van der Waals surface area contributed by atoms with Gasteiger partial charge in [0.25, 0.3) is 5.91 Å². The number of ether oxygens (including phenoxy) is 3. The minimum Gasteiger partial charge on any atom is -0.495 e. The maximum atomic E-state index is 13.2. The fraction of sp³-hybridized carbons (Fsp3) is 0.227. The zero-order valence-electron chi connectivity index (χ0n) is 16.9. The van der Waals surface area contributed by atoms with Crippen LogP contribution in [0.4, 0.5) is 5.69 Å². The molecule has 1 heterocycles. The molecule has 1 aliphatic rings. The summed E-state index contributed by atoms with van der Waals surface area (Å²) >= 11 is 0. The van der Waals surface area contributed by atoms with Crippen LogP contribution in [0.3, 0.4) is 0 Å². The molecule has 0 aliphatic carbocycles. The predicted octanol–water partition coefficient (Wildman–Crippen LogP) is 3.31. The van der Waals surface area contributed by atoms with E-state index in [0.29, 0.717) is 33.9 Å². The smallest absolute Gasteiger partial charge is 0.269 e. The van der Waals surface area contributed by atoms with E-state index in [1.54, 1.807) is 36.4 Å². The Kier molecular flexibility index (Phi) is 5.41. The highest BCUT2D eigenvalue weighted by atomic mass is 16.5. The highest BCUT2D eigenvalue weighted by Gasteiger charge is 2.38. The average Bonchev–Trinajstić information content (AvgIpc) is 2.99. The number of imide groups is 1. The van der Waals surface area contributed by atoms with Gasteiger partial charge in [0, 0.05) is 23.6 Å². The highest BCUT2D eigenvalue weighted by molar-refractivity contribution is 6.43. The molecule has 2 aromatic carbocycles. The fourth-order valence-corrected chi connectivity index (χ4v) is 3.36. The minimum absolute atomic E-state index is 0.147. The van der Waals surface area contributed by atoms with Crippen molar-refractivity contribution in [2.75, 3.05) is 26.2 Å². The molecule has 7 heteroatoms. The first-order valence-electron chi connectivity index (χ1n) is 8.85. The first-order valence-corrected chi connectivity index (χ1v) is 8.85. The van der Waals surface area contributed by atoms with Crippen molar-refractivity contribution in [2.45, 2.75) is 13.8 Å². The van der Waals surface area contributed by atoms with Gasteiger partial charge in [-0.25, -0.2) is 4.90 Å². The summed E-state index contributed by atoms with van der Waals surface area (Å²) < 4.78 is 16.2. The number of anilines is 1. The summed E-state index contributed by atoms with van der Waals surface area (Å²) in [5.74, 6) is 0.169. The number of fused-ring (bicyclic) bond motifs is 1. The van der Waals surface area contributed by atoms with Crippen molar-refractivity contribution in [2.24, 2.45) is 0 Å². The minimum atomic E-state index is -0.514. The van der Waals surface area contributed by atoms with E-state index in [1.165, 1.54) is 35.2 Å². The number of carbonyl (C=O) groups is 3. The maximum absolute atomic E-state index is 13.2. The second-order valence-electron chi connectivity index (χ2n) is 6.43. The third-order valence-corrected chi connectivity index (χ3v) is 4.72. The van der Waals surface area contributed by atoms with Crippen molar-refractivity contribution in [1.82, 2.24) is 0 Å². The number of methoxy groups -OCH3 is 3. The van der Waals surface area contributed by atoms with E-state index in [1.807, 2.05) is 0 Å². The first-order chi connectivity index (χ1) is 13.8. The van der Waals surface area contributed by atoms with Crippen molar-refractivity contribution in [3.63, 3.8) is 0 Å². The molecular weight excluding hydrogens is 374 g/mol. The van der Waals surface area contributed by atoms with E-state index in [9.17, 15) is 14.4 Å². The Morgan fingerprint density at radius 1 is 0.862 bits per heavy atom. The van der Waals surface area contributed by atoms with Gasteiger partial charge >= 0.3 is 0 Å². The van der Waals surface area contributed by atoms with Gasteiger partial charge in [0.05, 0.1) is 32.6 Å². The molecule has 0 bridgehead atoms. The lowest BCUT2D eigenvalue weighted by atomic mass is 9.99. The molecule has 7 nitrogen and oxygen atoms in total. The quantitative estimate of drug-likeness (QED) is 0.439. The van der Waals surface area contributed by atoms with Gasteiger partial charge in [-0.15, -0.1) is 0 Å². The van der Waals surface area contributed by atoms with E-state index in [-0.39, 0.29) is 17.1 Å². The number of hydrogen-bond donors (Lipinski definition) is 0. The largest absolute Gasteiger partial charge is 0.495 e. The van der Waals surface area contributed by atoms with Crippen LogP contribution in [-0.2, 0) is 14.3 Å². The van der Waals surface area contributed by atoms with Gasteiger partial charge in [-0.3, -0.25) is 14.4 Å². The number of amides is 2. The Morgan fingerprint density at radius 3 is 2.07 bits per heavy atom. The van der Waals surface area contributed by atoms with Gasteiger partial charge in [-0.05, 0) is 43.3 Å². The van der Waals surface area contributed by atoms with Crippen LogP contribution in [0.25, 0.3) is 11.3 Å². The SMILES string of the molecule is COC(=C1C(=O)N(C(C)=O)c2ccc(C(C)=O)cc21)c1ccc(OC)c(OC)c1. The zero-order valence-corrected chi connectivity index (χ0v) is 16.9. The number of nitrogens with zero attached hydrogens (tertiary/aromatic N) is 1. The molecule has 0 fully saturated rings. The lowest BCUT2D eigenvalue weighted by molar-refractivity contribution is -0.122. The van der Waals surface area contributed by atoms with E-state index < -0.39 is 11.8 Å². The van der Waals surface area contributed by atoms with Crippen LogP contribution in [-0.4, -0.2) is 38.9 Å². The van der Waals surface area contributed by atoms with Crippen molar-refractivity contribution in [3.8, 4) is 11.5 Å². The normalized spacial score (nSPS) is 14.4. The molecule has 0 spiro atoms. The molecule has 2 amide bonds. The molecule has 150 valence electrons. The molecule has 0 unspecified atom stereocenters. The molecule has 0 saturated carbocycles. The van der Waals surface area contributed by atoms with Gasteiger partial charge in [0.15, 0.2) is 17.3 Å². The second-order valence-corrected chi connectivity index (χ2v) is 6.43. The van der Waals surface area contributed by atoms with Crippen molar-refractivity contribution in [3.05, 3.63) is 53.1 Å². The predicted molar refractivity (Wildman–Crippen MR) is 108 cm³/mol. The van der Waals surface area contributed by atoms with Gasteiger partial charge in [0.1, 0.15) is 5.76 Å². The number of hydrogen-bond acceptors (Lipinski definition) is 6. The summed E-state index contributed by atoms with van der Waals surface area (Å²) in [5, 5.41) is 0. The molecule has 0 atom stereocenters. The van der Waals surface area contributed by atoms with Crippen LogP contribution in [0.15, 0.2) is 36.4 Å². The van der Waals surface area contributed by atoms with Crippen LogP contribution in [0.2, 0.25) is 0 Å². The lowest BCUT2D eigenvalue weighted by Crippen LogP contribution is -2.31. The van der Waals surface area contributed by atoms with Crippen molar-refractivity contribution in [1.29, 1.82) is 0 Å². The number of ketones is 1. The summed E-state index contributed by atoms with van der Waals surface area (Å²) in [5.41, 5.74) is 2.08. The van der Waals surface area contributed by atoms with Gasteiger partial charge in [0.2, 0.25) is 5.91 Å². The number of carbonyl (C=O) groups excluding carboxylic acids is 3. The van der Waals surface area contributed by atoms with E-state index in [2.05, 4.69) is 0 Å². The molecule has 0 radical (unpaired) electrons. The average molecular weight is 395 g/mol. The van der Waals surface area contributed by atoms with Crippen LogP contribution in [0.1, 0.15) is 35.3 Å². The topological polar surface area (TPSA) is 82.1 Å². The third-order valence-electron chi connectivity index (χ3n) is 4.72. The fourth-order valence-electron chi connectivity index (χ4n) is 3.36. The number of benzene rings is 2. The Hall–Kier alpha value is -3.61. The Balaban J connectivity index is 2.31. The highest BCUT2D eigenvalue weighted by Crippen LogP contribution is 2.42. The standard InChI is InChI=1S/C22H21NO6/c1-12(24)14-6-8-17-16(10-14)20(22(26)23(17)13(2)25)21(29-5)15-7-9-18(27-3)19(11-15)28-4/h6-11H,1-5H3. The van der Waals surface area contributed by atoms with Gasteiger partial charge in [-0.1, -0.05) is 0 Å². The number of Topliss-reactive ketones (excluding diaryl/α,β-unsaturated/α-hetero) is 1. The summed E-state index contributed by atoms with van der Waals surface area (Å²) in [6, 6.07) is 9.90. The molecule has 0 N–H and O–H groups in total. The van der Waals surface area contributed by atoms with Gasteiger partial charge in [-0.2, -0.15) is 0 Å². The third kappa shape index (κ3) is 3.35. The Morgan fingerprint density at radius 2 is 1.52 bits per heavy atom. The van der Waals surface area contributed by atoms with Crippen LogP contribution >= 0.6 is 0 Å².